The number of nitrogens with one attached hydrogen (secondary N) is 1. The van der Waals surface area contributed by atoms with Crippen LogP contribution < -0.4 is 15.9 Å². The van der Waals surface area contributed by atoms with E-state index in [0.29, 0.717) is 30.2 Å². The molecule has 3 aromatic heterocycles. The van der Waals surface area contributed by atoms with E-state index in [0.717, 1.165) is 6.07 Å². The third kappa shape index (κ3) is 6.49. The number of pyridine rings is 1. The second-order valence-electron chi connectivity index (χ2n) is 7.98. The van der Waals surface area contributed by atoms with E-state index in [-0.39, 0.29) is 23.3 Å². The molecule has 1 atom stereocenters. The van der Waals surface area contributed by atoms with Crippen molar-refractivity contribution in [3.8, 4) is 22.9 Å². The van der Waals surface area contributed by atoms with Crippen LogP contribution in [0.15, 0.2) is 52.6 Å². The number of ether oxygens (including phenoxy) is 1. The van der Waals surface area contributed by atoms with Gasteiger partial charge in [-0.1, -0.05) is 13.3 Å². The zero-order valence-electron chi connectivity index (χ0n) is 20.1. The third-order valence-corrected chi connectivity index (χ3v) is 5.29. The molecule has 202 valence electrons. The average Bonchev–Trinajstić information content (AvgIpc) is 2.85. The van der Waals surface area contributed by atoms with Crippen LogP contribution in [0.25, 0.3) is 22.2 Å². The van der Waals surface area contributed by atoms with Crippen molar-refractivity contribution in [2.45, 2.75) is 38.7 Å². The molecule has 14 heteroatoms. The maximum atomic E-state index is 14.5. The van der Waals surface area contributed by atoms with Crippen molar-refractivity contribution in [1.82, 2.24) is 24.7 Å². The number of nitrogens with zero attached hydrogens (tertiary/aromatic N) is 4. The fourth-order valence-electron chi connectivity index (χ4n) is 3.46. The van der Waals surface area contributed by atoms with Gasteiger partial charge in [-0.3, -0.25) is 9.59 Å². The van der Waals surface area contributed by atoms with Crippen molar-refractivity contribution in [2.24, 2.45) is 0 Å². The summed E-state index contributed by atoms with van der Waals surface area (Å²) in [6.07, 6.45) is 0.0505. The SMILES string of the molecule is CCCC(F)Cn1ccc2cc(-c3ncc(OC)cn3)c(F)cc2c1=O.O=c1[nH]ncc(O)c1C(F)(F)F. The highest BCUT2D eigenvalue weighted by Gasteiger charge is 2.37. The number of H-pyrrole nitrogens is 1. The number of benzene rings is 1. The van der Waals surface area contributed by atoms with E-state index in [2.05, 4.69) is 15.1 Å². The Labute approximate surface area is 211 Å². The minimum Gasteiger partial charge on any atom is -0.505 e. The first-order valence-corrected chi connectivity index (χ1v) is 11.1. The number of hydrogen-bond donors (Lipinski definition) is 2. The molecule has 4 aromatic rings. The fourth-order valence-corrected chi connectivity index (χ4v) is 3.46. The minimum atomic E-state index is -4.86. The molecule has 0 saturated heterocycles. The molecule has 38 heavy (non-hydrogen) atoms. The van der Waals surface area contributed by atoms with Crippen LogP contribution in [0.3, 0.4) is 0 Å². The summed E-state index contributed by atoms with van der Waals surface area (Å²) < 4.78 is 70.4. The summed E-state index contributed by atoms with van der Waals surface area (Å²) in [7, 11) is 1.49. The first-order valence-electron chi connectivity index (χ1n) is 11.1. The summed E-state index contributed by atoms with van der Waals surface area (Å²) in [5.41, 5.74) is -3.31. The van der Waals surface area contributed by atoms with Gasteiger partial charge in [0.2, 0.25) is 0 Å². The molecule has 2 N–H and O–H groups in total. The van der Waals surface area contributed by atoms with Gasteiger partial charge in [0, 0.05) is 6.20 Å². The van der Waals surface area contributed by atoms with E-state index in [9.17, 15) is 31.5 Å². The largest absolute Gasteiger partial charge is 0.505 e. The van der Waals surface area contributed by atoms with Gasteiger partial charge < -0.3 is 14.4 Å². The van der Waals surface area contributed by atoms with Crippen LogP contribution >= 0.6 is 0 Å². The van der Waals surface area contributed by atoms with Crippen LogP contribution in [0.4, 0.5) is 22.0 Å². The van der Waals surface area contributed by atoms with Gasteiger partial charge in [0.15, 0.2) is 22.9 Å². The monoisotopic (exact) mass is 539 g/mol. The van der Waals surface area contributed by atoms with Crippen LogP contribution in [0.2, 0.25) is 0 Å². The van der Waals surface area contributed by atoms with E-state index in [4.69, 9.17) is 9.84 Å². The Bertz CT molecular complexity index is 1520. The van der Waals surface area contributed by atoms with Gasteiger partial charge in [0.1, 0.15) is 12.0 Å². The molecule has 0 aliphatic heterocycles. The number of rotatable bonds is 6. The topological polar surface area (TPSA) is 123 Å². The van der Waals surface area contributed by atoms with Gasteiger partial charge in [-0.15, -0.1) is 0 Å². The van der Waals surface area contributed by atoms with Gasteiger partial charge in [0.25, 0.3) is 11.1 Å². The standard InChI is InChI=1S/C19H19F2N3O2.C5H3F3N2O2/c1-3-4-13(20)11-24-6-5-12-7-16(17(21)8-15(12)19(24)25)18-22-9-14(26-2)10-23-18;6-5(7,8)3-2(11)1-9-10-4(3)12/h5-10,13H,3-4,11H2,1-2H3;1H,(H2,10,11,12). The summed E-state index contributed by atoms with van der Waals surface area (Å²) in [4.78, 5) is 31.2. The molecule has 0 spiro atoms. The van der Waals surface area contributed by atoms with E-state index in [1.54, 1.807) is 11.2 Å². The number of methoxy groups -OCH3 is 1. The quantitative estimate of drug-likeness (QED) is 0.352. The summed E-state index contributed by atoms with van der Waals surface area (Å²) >= 11 is 0. The fraction of sp³-hybridized carbons (Fsp3) is 0.292. The second-order valence-corrected chi connectivity index (χ2v) is 7.98. The molecule has 0 fully saturated rings. The Balaban J connectivity index is 0.000000279. The number of hydrogen-bond acceptors (Lipinski definition) is 7. The summed E-state index contributed by atoms with van der Waals surface area (Å²) in [6, 6.07) is 4.35. The maximum Gasteiger partial charge on any atom is 0.425 e. The molecule has 0 bridgehead atoms. The van der Waals surface area contributed by atoms with Gasteiger partial charge >= 0.3 is 6.18 Å². The number of aromatic amines is 1. The zero-order chi connectivity index (χ0) is 28.0. The molecule has 4 rings (SSSR count). The molecular formula is C24H22F5N5O4. The summed E-state index contributed by atoms with van der Waals surface area (Å²) in [5, 5.41) is 13.9. The normalized spacial score (nSPS) is 12.1. The van der Waals surface area contributed by atoms with Crippen LogP contribution in [-0.2, 0) is 12.7 Å². The van der Waals surface area contributed by atoms with E-state index >= 15 is 0 Å². The average molecular weight is 539 g/mol. The van der Waals surface area contributed by atoms with Crippen LogP contribution in [0.1, 0.15) is 25.3 Å². The highest BCUT2D eigenvalue weighted by molar-refractivity contribution is 5.86. The Kier molecular flexibility index (Phi) is 8.76. The van der Waals surface area contributed by atoms with Crippen molar-refractivity contribution >= 4 is 10.8 Å². The van der Waals surface area contributed by atoms with Gasteiger partial charge in [0.05, 0.1) is 43.2 Å². The lowest BCUT2D eigenvalue weighted by molar-refractivity contribution is -0.140. The number of aromatic hydroxyl groups is 1. The molecule has 0 radical (unpaired) electrons. The zero-order valence-corrected chi connectivity index (χ0v) is 20.1. The predicted octanol–water partition coefficient (Wildman–Crippen LogP) is 4.24. The third-order valence-electron chi connectivity index (χ3n) is 5.29. The van der Waals surface area contributed by atoms with Crippen molar-refractivity contribution in [3.63, 3.8) is 0 Å². The van der Waals surface area contributed by atoms with Crippen LogP contribution in [0, 0.1) is 5.82 Å². The first-order chi connectivity index (χ1) is 18.0. The molecule has 1 aromatic carbocycles. The number of aromatic nitrogens is 5. The van der Waals surface area contributed by atoms with Crippen molar-refractivity contribution in [3.05, 3.63) is 75.1 Å². The number of fused-ring (bicyclic) bond motifs is 1. The number of alkyl halides is 4. The summed E-state index contributed by atoms with van der Waals surface area (Å²) in [5.74, 6) is -1.12. The molecule has 0 aliphatic rings. The van der Waals surface area contributed by atoms with E-state index in [1.807, 2.05) is 6.92 Å². The highest BCUT2D eigenvalue weighted by atomic mass is 19.4. The lowest BCUT2D eigenvalue weighted by Crippen LogP contribution is -2.24. The molecule has 1 unspecified atom stereocenters. The summed E-state index contributed by atoms with van der Waals surface area (Å²) in [6.45, 7) is 1.85. The molecule has 0 aliphatic carbocycles. The first kappa shape index (κ1) is 28.2. The minimum absolute atomic E-state index is 0.0342. The predicted molar refractivity (Wildman–Crippen MR) is 127 cm³/mol. The molecule has 3 heterocycles. The Hall–Kier alpha value is -4.36. The second kappa shape index (κ2) is 11.8. The van der Waals surface area contributed by atoms with Crippen LogP contribution in [-0.4, -0.2) is 43.1 Å². The molecule has 9 nitrogen and oxygen atoms in total. The van der Waals surface area contributed by atoms with Crippen molar-refractivity contribution < 1.29 is 31.8 Å². The van der Waals surface area contributed by atoms with Gasteiger partial charge in [-0.2, -0.15) is 18.3 Å². The van der Waals surface area contributed by atoms with E-state index < -0.39 is 40.6 Å². The Morgan fingerprint density at radius 3 is 2.39 bits per heavy atom. The van der Waals surface area contributed by atoms with Crippen LogP contribution in [0.5, 0.6) is 11.5 Å². The Morgan fingerprint density at radius 1 is 1.16 bits per heavy atom. The van der Waals surface area contributed by atoms with Crippen molar-refractivity contribution in [2.75, 3.05) is 7.11 Å². The molecule has 0 saturated carbocycles. The molecular weight excluding hydrogens is 517 g/mol. The van der Waals surface area contributed by atoms with Crippen molar-refractivity contribution in [1.29, 1.82) is 0 Å². The van der Waals surface area contributed by atoms with Gasteiger partial charge in [-0.25, -0.2) is 23.8 Å². The lowest BCUT2D eigenvalue weighted by Gasteiger charge is -2.11. The smallest absolute Gasteiger partial charge is 0.425 e. The van der Waals surface area contributed by atoms with Gasteiger partial charge in [-0.05, 0) is 30.0 Å². The van der Waals surface area contributed by atoms with E-state index in [1.165, 1.54) is 36.3 Å². The Morgan fingerprint density at radius 2 is 1.84 bits per heavy atom. The lowest BCUT2D eigenvalue weighted by atomic mass is 10.1. The maximum absolute atomic E-state index is 14.5. The number of halogens is 5. The molecule has 0 amide bonds. The highest BCUT2D eigenvalue weighted by Crippen LogP contribution is 2.31.